The number of likely N-dealkylation sites (N-methyl/N-ethyl adjacent to an activating group) is 6. The van der Waals surface area contributed by atoms with Crippen molar-refractivity contribution in [1.82, 2.24) is 60.9 Å². The smallest absolute Gasteiger partial charge is 0.330 e. The second-order valence-electron chi connectivity index (χ2n) is 28.5. The second kappa shape index (κ2) is 40.9. The van der Waals surface area contributed by atoms with Crippen LogP contribution in [0, 0.1) is 35.5 Å². The van der Waals surface area contributed by atoms with Gasteiger partial charge in [-0.2, -0.15) is 0 Å². The van der Waals surface area contributed by atoms with E-state index in [9.17, 15) is 48.3 Å². The minimum absolute atomic E-state index is 0.00312. The predicted molar refractivity (Wildman–Crippen MR) is 367 cm³/mol. The summed E-state index contributed by atoms with van der Waals surface area (Å²) in [7, 11) is 9.56. The molecule has 0 unspecified atom stereocenters. The van der Waals surface area contributed by atoms with Gasteiger partial charge in [0.15, 0.2) is 0 Å². The number of carbonyl (C=O) groups is 12. The van der Waals surface area contributed by atoms with Crippen LogP contribution in [0.25, 0.3) is 0 Å². The van der Waals surface area contributed by atoms with Crippen molar-refractivity contribution in [2.24, 2.45) is 35.5 Å². The molecule has 28 heteroatoms. The lowest BCUT2D eigenvalue weighted by Gasteiger charge is -2.40. The Hall–Kier alpha value is -6.78. The molecule has 0 bridgehead atoms. The standard InChI is InChI=1S/C69H122N12O16/c1-24-49-66(91)75(17)47(15)65(90)80(22)57(48(16)97-33-26-25-30-81-31-34-96-35-32-81)63(88)73-54(42(8)9)69(94)76(18)50(36-39(2)3)60(85)70-45(13)59(84)71-46(14)64(89)77(19)51(37-40(4)5)67(92)78(20)52(38-41(6)7)68(93)79(21)56(43(10)11)62(87)74-55(61(86)72-49)58(83)44(12)28-27-29-53(82)95-23/h27,29,39-52,54-58,83H,24-26,28,30-38H2,1-23H3,(H,70,85)(H,71,84)(H,72,86)(H,73,88)(H,74,87)/b29-27+/t44-,45+,46-,47-,48-,49+,50+,51+,52+,54+,55+,56+,57+,58-/m1/s1. The van der Waals surface area contributed by atoms with Crippen molar-refractivity contribution in [3.63, 3.8) is 0 Å². The number of allylic oxidation sites excluding steroid dienone is 1. The zero-order valence-electron chi connectivity index (χ0n) is 62.5. The molecule has 14 atom stereocenters. The number of rotatable bonds is 21. The van der Waals surface area contributed by atoms with E-state index >= 15 is 14.4 Å². The Morgan fingerprint density at radius 1 is 0.536 bits per heavy atom. The summed E-state index contributed by atoms with van der Waals surface area (Å²) in [6.45, 7) is 30.7. The summed E-state index contributed by atoms with van der Waals surface area (Å²) in [5.41, 5.74) is 0. The lowest BCUT2D eigenvalue weighted by atomic mass is 9.92. The molecular formula is C69H122N12O16. The third kappa shape index (κ3) is 25.5. The quantitative estimate of drug-likeness (QED) is 0.0543. The molecule has 2 heterocycles. The molecule has 2 saturated heterocycles. The Balaban J connectivity index is 3.00. The van der Waals surface area contributed by atoms with Gasteiger partial charge in [0.2, 0.25) is 65.0 Å². The van der Waals surface area contributed by atoms with Gasteiger partial charge < -0.3 is 75.3 Å². The van der Waals surface area contributed by atoms with Crippen LogP contribution in [0.5, 0.6) is 0 Å². The average molecular weight is 1380 g/mol. The van der Waals surface area contributed by atoms with Gasteiger partial charge in [-0.1, -0.05) is 89.2 Å². The van der Waals surface area contributed by atoms with E-state index in [-0.39, 0.29) is 56.5 Å². The lowest BCUT2D eigenvalue weighted by molar-refractivity contribution is -0.154. The zero-order chi connectivity index (χ0) is 74.2. The van der Waals surface area contributed by atoms with Gasteiger partial charge in [-0.3, -0.25) is 57.6 Å². The number of ether oxygens (including phenoxy) is 3. The first kappa shape index (κ1) is 86.3. The van der Waals surface area contributed by atoms with Crippen LogP contribution < -0.4 is 26.6 Å². The highest BCUT2D eigenvalue weighted by Gasteiger charge is 2.45. The van der Waals surface area contributed by atoms with Crippen molar-refractivity contribution < 1.29 is 76.9 Å². The SMILES string of the molecule is CC[C@@H]1NC(=O)[C@H]([C@H](O)[C@H](C)C/C=C/C(=O)OC)NC(=O)[C@H](C(C)C)N(C)C(=O)[C@H](CC(C)C)N(C)C(=O)[C@H](CC(C)C)N(C)C(=O)[C@@H](C)NC(=O)[C@H](C)NC(=O)[C@H](CC(C)C)N(C)C(=O)[C@H](C(C)C)NC(=O)[C@H]([C@@H](C)OCCCCN2CCOCC2)N(C)C(=O)[C@@H](C)N(C)C1=O. The Morgan fingerprint density at radius 2 is 1.02 bits per heavy atom. The third-order valence-electron chi connectivity index (χ3n) is 18.4. The number of methoxy groups -OCH3 is 1. The Morgan fingerprint density at radius 3 is 1.54 bits per heavy atom. The molecule has 2 rings (SSSR count). The number of amides is 11. The van der Waals surface area contributed by atoms with Gasteiger partial charge in [-0.25, -0.2) is 4.79 Å². The van der Waals surface area contributed by atoms with Gasteiger partial charge in [-0.15, -0.1) is 0 Å². The van der Waals surface area contributed by atoms with Crippen molar-refractivity contribution in [3.05, 3.63) is 12.2 Å². The molecule has 0 radical (unpaired) electrons. The van der Waals surface area contributed by atoms with Crippen LogP contribution in [-0.4, -0.2) is 278 Å². The van der Waals surface area contributed by atoms with E-state index in [1.807, 2.05) is 41.5 Å². The monoisotopic (exact) mass is 1370 g/mol. The van der Waals surface area contributed by atoms with Crippen LogP contribution in [0.1, 0.15) is 156 Å². The number of morpholine rings is 1. The Bertz CT molecular complexity index is 2670. The summed E-state index contributed by atoms with van der Waals surface area (Å²) in [5.74, 6) is -11.6. The minimum Gasteiger partial charge on any atom is -0.466 e. The Kier molecular flexibility index (Phi) is 36.4. The second-order valence-corrected chi connectivity index (χ2v) is 28.5. The first-order chi connectivity index (χ1) is 45.2. The lowest BCUT2D eigenvalue weighted by Crippen LogP contribution is -2.64. The summed E-state index contributed by atoms with van der Waals surface area (Å²) in [6.07, 6.45) is 1.48. The van der Waals surface area contributed by atoms with E-state index in [4.69, 9.17) is 14.2 Å². The molecule has 0 saturated carbocycles. The molecule has 97 heavy (non-hydrogen) atoms. The number of unbranched alkanes of at least 4 members (excludes halogenated alkanes) is 1. The van der Waals surface area contributed by atoms with Gasteiger partial charge in [-0.05, 0) is 115 Å². The van der Waals surface area contributed by atoms with Crippen LogP contribution in [0.2, 0.25) is 0 Å². The van der Waals surface area contributed by atoms with E-state index in [0.29, 0.717) is 19.6 Å². The van der Waals surface area contributed by atoms with Crippen molar-refractivity contribution >= 4 is 70.9 Å². The number of aliphatic hydroxyl groups excluding tert-OH is 1. The first-order valence-electron chi connectivity index (χ1n) is 34.6. The van der Waals surface area contributed by atoms with Gasteiger partial charge in [0.25, 0.3) is 0 Å². The van der Waals surface area contributed by atoms with E-state index in [2.05, 4.69) is 31.5 Å². The highest BCUT2D eigenvalue weighted by atomic mass is 16.5. The van der Waals surface area contributed by atoms with E-state index in [1.165, 1.54) is 95.8 Å². The number of nitrogens with zero attached hydrogens (tertiary/aromatic N) is 7. The van der Waals surface area contributed by atoms with Gasteiger partial charge >= 0.3 is 5.97 Å². The summed E-state index contributed by atoms with van der Waals surface area (Å²) in [6, 6.07) is -14.7. The topological polar surface area (TPSA) is 336 Å². The minimum atomic E-state index is -1.82. The third-order valence-corrected chi connectivity index (χ3v) is 18.4. The molecule has 0 aromatic carbocycles. The molecule has 0 aromatic rings. The first-order valence-corrected chi connectivity index (χ1v) is 34.6. The van der Waals surface area contributed by atoms with Crippen molar-refractivity contribution in [3.8, 4) is 0 Å². The van der Waals surface area contributed by atoms with Crippen LogP contribution in [0.15, 0.2) is 12.2 Å². The highest BCUT2D eigenvalue weighted by Crippen LogP contribution is 2.24. The molecule has 0 aromatic heterocycles. The van der Waals surface area contributed by atoms with Gasteiger partial charge in [0.05, 0.1) is 32.5 Å². The number of hydrogen-bond acceptors (Lipinski definition) is 17. The number of aliphatic hydroxyl groups is 1. The molecule has 11 amide bonds. The number of carbonyl (C=O) groups excluding carboxylic acids is 12. The predicted octanol–water partition coefficient (Wildman–Crippen LogP) is 1.94. The summed E-state index contributed by atoms with van der Waals surface area (Å²) in [5, 5.41) is 25.7. The number of esters is 1. The normalized spacial score (nSPS) is 27.1. The molecule has 2 aliphatic heterocycles. The molecule has 28 nitrogen and oxygen atoms in total. The van der Waals surface area contributed by atoms with Gasteiger partial charge in [0.1, 0.15) is 66.5 Å². The van der Waals surface area contributed by atoms with Crippen LogP contribution in [0.3, 0.4) is 0 Å². The van der Waals surface area contributed by atoms with Crippen molar-refractivity contribution in [2.75, 3.05) is 88.9 Å². The fraction of sp³-hybridized carbons (Fsp3) is 0.797. The highest BCUT2D eigenvalue weighted by molar-refractivity contribution is 6.00. The molecule has 0 spiro atoms. The molecule has 2 aliphatic rings. The molecule has 554 valence electrons. The zero-order valence-corrected chi connectivity index (χ0v) is 62.5. The van der Waals surface area contributed by atoms with Crippen LogP contribution >= 0.6 is 0 Å². The molecule has 0 aliphatic carbocycles. The number of nitrogens with one attached hydrogen (secondary N) is 5. The van der Waals surface area contributed by atoms with Crippen LogP contribution in [-0.2, 0) is 71.7 Å². The van der Waals surface area contributed by atoms with Crippen LogP contribution in [0.4, 0.5) is 0 Å². The summed E-state index contributed by atoms with van der Waals surface area (Å²) in [4.78, 5) is 184. The number of hydrogen-bond donors (Lipinski definition) is 6. The summed E-state index contributed by atoms with van der Waals surface area (Å²) >= 11 is 0. The van der Waals surface area contributed by atoms with E-state index < -0.39 is 167 Å². The molecule has 2 fully saturated rings. The maximum Gasteiger partial charge on any atom is 0.330 e. The van der Waals surface area contributed by atoms with Crippen molar-refractivity contribution in [1.29, 1.82) is 0 Å². The largest absolute Gasteiger partial charge is 0.466 e. The van der Waals surface area contributed by atoms with E-state index in [1.54, 1.807) is 48.5 Å². The van der Waals surface area contributed by atoms with E-state index in [0.717, 1.165) is 41.9 Å². The fourth-order valence-electron chi connectivity index (χ4n) is 12.1. The maximum atomic E-state index is 15.1. The molecule has 6 N–H and O–H groups in total. The van der Waals surface area contributed by atoms with Crippen molar-refractivity contribution in [2.45, 2.75) is 234 Å². The van der Waals surface area contributed by atoms with Gasteiger partial charge in [0, 0.05) is 68.1 Å². The summed E-state index contributed by atoms with van der Waals surface area (Å²) < 4.78 is 16.6. The fourth-order valence-corrected chi connectivity index (χ4v) is 12.1. The molecular weight excluding hydrogens is 1250 g/mol. The average Bonchev–Trinajstić information content (AvgIpc) is 0.820. The maximum absolute atomic E-state index is 15.1. The Labute approximate surface area is 577 Å².